The van der Waals surface area contributed by atoms with Crippen LogP contribution in [0.5, 0.6) is 11.5 Å². The van der Waals surface area contributed by atoms with Crippen LogP contribution < -0.4 is 36.9 Å². The third kappa shape index (κ3) is 8.32. The van der Waals surface area contributed by atoms with E-state index in [9.17, 15) is 19.2 Å². The quantitative estimate of drug-likeness (QED) is 0.0665. The number of aromatic nitrogens is 8. The number of nitrogens with two attached hydrogens (primary N) is 2. The highest BCUT2D eigenvalue weighted by molar-refractivity contribution is 6.05. The highest BCUT2D eigenvalue weighted by atomic mass is 16.5. The lowest BCUT2D eigenvalue weighted by Gasteiger charge is -2.13. The van der Waals surface area contributed by atoms with Crippen molar-refractivity contribution >= 4 is 57.6 Å². The van der Waals surface area contributed by atoms with Gasteiger partial charge in [0, 0.05) is 37.8 Å². The Morgan fingerprint density at radius 3 is 1.81 bits per heavy atom. The number of methoxy groups -OCH3 is 1. The molecule has 0 fully saturated rings. The van der Waals surface area contributed by atoms with Crippen molar-refractivity contribution in [1.82, 2.24) is 44.0 Å². The number of nitrogens with one attached hydrogen (secondary N) is 3. The second-order valence-corrected chi connectivity index (χ2v) is 13.2. The summed E-state index contributed by atoms with van der Waals surface area (Å²) in [4.78, 5) is 61.1. The van der Waals surface area contributed by atoms with Crippen LogP contribution >= 0.6 is 0 Å². The Labute approximate surface area is 327 Å². The first kappa shape index (κ1) is 39.7. The fourth-order valence-corrected chi connectivity index (χ4v) is 6.47. The lowest BCUT2D eigenvalue weighted by atomic mass is 10.1. The molecule has 0 aliphatic heterocycles. The maximum Gasteiger partial charge on any atom is 0.276 e. The number of allylic oxidation sites excluding steroid dienone is 2. The molecule has 0 aliphatic rings. The minimum atomic E-state index is -0.667. The number of rotatable bonds is 17. The predicted molar refractivity (Wildman–Crippen MR) is 213 cm³/mol. The van der Waals surface area contributed by atoms with Crippen molar-refractivity contribution in [2.75, 3.05) is 37.9 Å². The van der Waals surface area contributed by atoms with Gasteiger partial charge in [-0.2, -0.15) is 10.2 Å². The number of imidazole rings is 2. The van der Waals surface area contributed by atoms with Crippen LogP contribution in [-0.4, -0.2) is 89.6 Å². The number of hydrogen-bond acceptors (Lipinski definition) is 11. The topological polar surface area (TPSA) is 246 Å². The van der Waals surface area contributed by atoms with E-state index in [1.54, 1.807) is 59.0 Å². The van der Waals surface area contributed by atoms with Crippen LogP contribution in [0.2, 0.25) is 0 Å². The molecule has 0 saturated heterocycles. The predicted octanol–water partition coefficient (Wildman–Crippen LogP) is 2.91. The Morgan fingerprint density at radius 1 is 0.772 bits per heavy atom. The Bertz CT molecular complexity index is 2540. The summed E-state index contributed by atoms with van der Waals surface area (Å²) < 4.78 is 18.4. The molecule has 2 aromatic carbocycles. The molecule has 57 heavy (non-hydrogen) atoms. The summed E-state index contributed by atoms with van der Waals surface area (Å²) in [6, 6.07) is 9.51. The summed E-state index contributed by atoms with van der Waals surface area (Å²) in [7, 11) is 4.97. The van der Waals surface area contributed by atoms with E-state index in [1.165, 1.54) is 23.9 Å². The highest BCUT2D eigenvalue weighted by Crippen LogP contribution is 2.33. The van der Waals surface area contributed by atoms with Gasteiger partial charge < -0.3 is 35.4 Å². The largest absolute Gasteiger partial charge is 0.494 e. The number of carbonyl (C=O) groups is 4. The van der Waals surface area contributed by atoms with Crippen molar-refractivity contribution in [3.63, 3.8) is 0 Å². The number of anilines is 2. The normalized spacial score (nSPS) is 11.5. The molecule has 4 aromatic heterocycles. The number of benzene rings is 2. The molecule has 0 saturated carbocycles. The van der Waals surface area contributed by atoms with Crippen LogP contribution in [0.1, 0.15) is 66.4 Å². The zero-order valence-electron chi connectivity index (χ0n) is 32.5. The minimum absolute atomic E-state index is 0.172. The molecule has 0 spiro atoms. The van der Waals surface area contributed by atoms with Gasteiger partial charge in [-0.3, -0.25) is 39.2 Å². The van der Waals surface area contributed by atoms with Gasteiger partial charge in [0.2, 0.25) is 23.7 Å². The van der Waals surface area contributed by atoms with Crippen LogP contribution in [0.4, 0.5) is 11.9 Å². The number of ether oxygens (including phenoxy) is 2. The molecule has 6 aromatic rings. The van der Waals surface area contributed by atoms with Crippen LogP contribution in [-0.2, 0) is 26.7 Å². The standard InChI is InChI=1S/C38H45N13O6/c1-7-51-28(16-22(3)47-51)36(55)45-38-42-25-17-23(33(39)52)19-29(56-6)31(25)49(38)12-8-9-13-50-32-26(18-24(34(40)53)20-30(32)57-14-10-11-41-4)43-37(50)44-35(54)27-15-21(2)46-48(27)5/h8-9,15-20,41H,7,10-14H2,1-6H3,(H2,39,52)(H2,40,53)(H,42,45,55)(H,43,44,54)/b9-8+. The van der Waals surface area contributed by atoms with Gasteiger partial charge in [-0.05, 0) is 77.2 Å². The lowest BCUT2D eigenvalue weighted by Crippen LogP contribution is -2.20. The van der Waals surface area contributed by atoms with Gasteiger partial charge in [0.1, 0.15) is 33.9 Å². The Morgan fingerprint density at radius 2 is 1.30 bits per heavy atom. The minimum Gasteiger partial charge on any atom is -0.494 e. The summed E-state index contributed by atoms with van der Waals surface area (Å²) in [6.45, 7) is 7.32. The molecule has 0 radical (unpaired) electrons. The number of nitrogens with zero attached hydrogens (tertiary/aromatic N) is 8. The van der Waals surface area contributed by atoms with E-state index >= 15 is 0 Å². The Kier molecular flexibility index (Phi) is 11.7. The second-order valence-electron chi connectivity index (χ2n) is 13.2. The molecule has 6 rings (SSSR count). The monoisotopic (exact) mass is 779 g/mol. The third-order valence-electron chi connectivity index (χ3n) is 9.09. The lowest BCUT2D eigenvalue weighted by molar-refractivity contribution is 0.0991. The van der Waals surface area contributed by atoms with Crippen molar-refractivity contribution in [3.05, 3.63) is 82.5 Å². The van der Waals surface area contributed by atoms with Gasteiger partial charge in [0.25, 0.3) is 11.8 Å². The molecule has 0 aliphatic carbocycles. The van der Waals surface area contributed by atoms with Crippen LogP contribution in [0.15, 0.2) is 48.6 Å². The summed E-state index contributed by atoms with van der Waals surface area (Å²) >= 11 is 0. The number of fused-ring (bicyclic) bond motifs is 2. The smallest absolute Gasteiger partial charge is 0.276 e. The zero-order chi connectivity index (χ0) is 41.0. The summed E-state index contributed by atoms with van der Waals surface area (Å²) in [5.74, 6) is -1.16. The number of carbonyl (C=O) groups excluding carboxylic acids is 4. The summed E-state index contributed by atoms with van der Waals surface area (Å²) in [6.07, 6.45) is 4.36. The number of aryl methyl sites for hydroxylation is 4. The van der Waals surface area contributed by atoms with Crippen molar-refractivity contribution in [2.24, 2.45) is 18.5 Å². The van der Waals surface area contributed by atoms with E-state index in [0.717, 1.165) is 0 Å². The van der Waals surface area contributed by atoms with Gasteiger partial charge in [0.15, 0.2) is 0 Å². The van der Waals surface area contributed by atoms with Gasteiger partial charge in [-0.1, -0.05) is 12.2 Å². The van der Waals surface area contributed by atoms with Gasteiger partial charge in [-0.25, -0.2) is 9.97 Å². The van der Waals surface area contributed by atoms with E-state index in [1.807, 2.05) is 26.1 Å². The van der Waals surface area contributed by atoms with Crippen molar-refractivity contribution < 1.29 is 28.7 Å². The van der Waals surface area contributed by atoms with E-state index in [4.69, 9.17) is 25.9 Å². The van der Waals surface area contributed by atoms with E-state index in [0.29, 0.717) is 82.5 Å². The number of primary amides is 2. The maximum absolute atomic E-state index is 13.6. The molecule has 0 bridgehead atoms. The SMILES string of the molecule is CCn1nc(C)cc1C(=O)Nc1nc2cc(C(N)=O)cc(OC)c2n1C/C=C/Cn1c(NC(=O)c2cc(C)nn2C)nc2cc(C(N)=O)cc(OCCCNC)c21. The maximum atomic E-state index is 13.6. The third-order valence-corrected chi connectivity index (χ3v) is 9.09. The summed E-state index contributed by atoms with van der Waals surface area (Å²) in [5.41, 5.74) is 15.5. The van der Waals surface area contributed by atoms with Crippen molar-refractivity contribution in [2.45, 2.75) is 46.8 Å². The molecule has 19 heteroatoms. The van der Waals surface area contributed by atoms with Crippen molar-refractivity contribution in [3.8, 4) is 11.5 Å². The molecule has 4 heterocycles. The van der Waals surface area contributed by atoms with Crippen molar-refractivity contribution in [1.29, 1.82) is 0 Å². The molecular weight excluding hydrogens is 735 g/mol. The van der Waals surface area contributed by atoms with Gasteiger partial charge >= 0.3 is 0 Å². The van der Waals surface area contributed by atoms with Gasteiger partial charge in [-0.15, -0.1) is 0 Å². The molecule has 19 nitrogen and oxygen atoms in total. The highest BCUT2D eigenvalue weighted by Gasteiger charge is 2.23. The number of amides is 4. The zero-order valence-corrected chi connectivity index (χ0v) is 32.5. The average molecular weight is 780 g/mol. The van der Waals surface area contributed by atoms with Gasteiger partial charge in [0.05, 0.1) is 36.1 Å². The summed E-state index contributed by atoms with van der Waals surface area (Å²) in [5, 5.41) is 17.6. The van der Waals surface area contributed by atoms with E-state index < -0.39 is 23.6 Å². The molecule has 0 unspecified atom stereocenters. The Hall–Kier alpha value is -7.02. The molecule has 0 atom stereocenters. The first-order valence-corrected chi connectivity index (χ1v) is 18.2. The first-order chi connectivity index (χ1) is 27.3. The van der Waals surface area contributed by atoms with Crippen LogP contribution in [0, 0.1) is 13.8 Å². The molecule has 7 N–H and O–H groups in total. The van der Waals surface area contributed by atoms with Crippen LogP contribution in [0.3, 0.4) is 0 Å². The average Bonchev–Trinajstić information content (AvgIpc) is 3.93. The number of hydrogen-bond donors (Lipinski definition) is 5. The van der Waals surface area contributed by atoms with E-state index in [2.05, 4.69) is 31.1 Å². The second kappa shape index (κ2) is 16.8. The molecular formula is C38H45N13O6. The Balaban J connectivity index is 1.40. The van der Waals surface area contributed by atoms with E-state index in [-0.39, 0.29) is 36.1 Å². The van der Waals surface area contributed by atoms with Crippen LogP contribution in [0.25, 0.3) is 22.1 Å². The first-order valence-electron chi connectivity index (χ1n) is 18.2. The molecule has 298 valence electrons. The fraction of sp³-hybridized carbons (Fsp3) is 0.316. The fourth-order valence-electron chi connectivity index (χ4n) is 6.47. The molecule has 4 amide bonds.